The molecular formula is C24H22ClNO3. The number of anilines is 1. The molecule has 3 rings (SSSR count). The zero-order valence-electron chi connectivity index (χ0n) is 16.1. The molecule has 0 atom stereocenters. The summed E-state index contributed by atoms with van der Waals surface area (Å²) in [7, 11) is 0. The van der Waals surface area contributed by atoms with Crippen LogP contribution in [0, 0.1) is 6.92 Å². The number of hydrogen-bond acceptors (Lipinski definition) is 2. The highest BCUT2D eigenvalue weighted by atomic mass is 35.5. The fourth-order valence-electron chi connectivity index (χ4n) is 3.16. The molecule has 29 heavy (non-hydrogen) atoms. The first-order valence-corrected chi connectivity index (χ1v) is 9.77. The Morgan fingerprint density at radius 3 is 2.69 bits per heavy atom. The second-order valence-electron chi connectivity index (χ2n) is 6.92. The predicted molar refractivity (Wildman–Crippen MR) is 117 cm³/mol. The lowest BCUT2D eigenvalue weighted by Crippen LogP contribution is -2.14. The van der Waals surface area contributed by atoms with E-state index in [9.17, 15) is 14.7 Å². The van der Waals surface area contributed by atoms with E-state index in [-0.39, 0.29) is 17.9 Å². The van der Waals surface area contributed by atoms with Gasteiger partial charge in [-0.05, 0) is 60.2 Å². The van der Waals surface area contributed by atoms with Crippen LogP contribution in [0.1, 0.15) is 40.7 Å². The SMILES string of the molecule is Cc1ccc(C2=CC=C(CCC(=O)Nc3ccccc3C(=O)O)C=CC2)c(Cl)c1. The van der Waals surface area contributed by atoms with E-state index in [4.69, 9.17) is 11.6 Å². The maximum absolute atomic E-state index is 12.3. The van der Waals surface area contributed by atoms with Gasteiger partial charge < -0.3 is 10.4 Å². The molecule has 0 bridgehead atoms. The van der Waals surface area contributed by atoms with E-state index in [2.05, 4.69) is 11.4 Å². The molecule has 2 N–H and O–H groups in total. The van der Waals surface area contributed by atoms with Crippen LogP contribution >= 0.6 is 11.6 Å². The molecule has 4 nitrogen and oxygen atoms in total. The molecule has 0 unspecified atom stereocenters. The third-order valence-electron chi connectivity index (χ3n) is 4.71. The molecule has 2 aromatic rings. The second kappa shape index (κ2) is 9.39. The Morgan fingerprint density at radius 2 is 1.93 bits per heavy atom. The summed E-state index contributed by atoms with van der Waals surface area (Å²) < 4.78 is 0. The summed E-state index contributed by atoms with van der Waals surface area (Å²) in [6, 6.07) is 12.4. The van der Waals surface area contributed by atoms with E-state index in [0.717, 1.165) is 33.7 Å². The molecule has 1 amide bonds. The molecule has 148 valence electrons. The van der Waals surface area contributed by atoms with Gasteiger partial charge in [-0.2, -0.15) is 0 Å². The Hall–Kier alpha value is -3.11. The van der Waals surface area contributed by atoms with Crippen LogP contribution in [0.2, 0.25) is 5.02 Å². The Labute approximate surface area is 175 Å². The Kier molecular flexibility index (Phi) is 6.68. The number of benzene rings is 2. The number of hydrogen-bond donors (Lipinski definition) is 2. The average molecular weight is 408 g/mol. The summed E-state index contributed by atoms with van der Waals surface area (Å²) >= 11 is 6.39. The van der Waals surface area contributed by atoms with Gasteiger partial charge in [0.2, 0.25) is 5.91 Å². The summed E-state index contributed by atoms with van der Waals surface area (Å²) in [6.45, 7) is 2.01. The Balaban J connectivity index is 1.65. The zero-order chi connectivity index (χ0) is 20.8. The molecule has 0 spiro atoms. The number of rotatable bonds is 6. The number of carboxylic acid groups (broad SMARTS) is 1. The van der Waals surface area contributed by atoms with Crippen molar-refractivity contribution in [2.45, 2.75) is 26.2 Å². The van der Waals surface area contributed by atoms with Crippen LogP contribution < -0.4 is 5.32 Å². The van der Waals surface area contributed by atoms with Gasteiger partial charge in [0.05, 0.1) is 11.3 Å². The van der Waals surface area contributed by atoms with Crippen molar-refractivity contribution in [1.82, 2.24) is 0 Å². The van der Waals surface area contributed by atoms with Gasteiger partial charge in [-0.15, -0.1) is 0 Å². The van der Waals surface area contributed by atoms with Crippen molar-refractivity contribution in [3.8, 4) is 0 Å². The van der Waals surface area contributed by atoms with Gasteiger partial charge in [0.25, 0.3) is 0 Å². The number of carboxylic acids is 1. The first-order chi connectivity index (χ1) is 13.9. The van der Waals surface area contributed by atoms with E-state index in [0.29, 0.717) is 12.1 Å². The number of para-hydroxylation sites is 1. The molecule has 0 aromatic heterocycles. The van der Waals surface area contributed by atoms with E-state index in [1.807, 2.05) is 43.4 Å². The van der Waals surface area contributed by atoms with E-state index in [1.54, 1.807) is 18.2 Å². The lowest BCUT2D eigenvalue weighted by atomic mass is 10.0. The Morgan fingerprint density at radius 1 is 1.14 bits per heavy atom. The number of carbonyl (C=O) groups is 2. The van der Waals surface area contributed by atoms with Gasteiger partial charge in [0.15, 0.2) is 0 Å². The first-order valence-electron chi connectivity index (χ1n) is 9.39. The maximum atomic E-state index is 12.3. The van der Waals surface area contributed by atoms with Crippen LogP contribution in [0.3, 0.4) is 0 Å². The summed E-state index contributed by atoms with van der Waals surface area (Å²) in [5.74, 6) is -1.29. The number of allylic oxidation sites excluding steroid dienone is 6. The molecule has 5 heteroatoms. The molecule has 0 heterocycles. The lowest BCUT2D eigenvalue weighted by Gasteiger charge is -2.08. The molecule has 0 radical (unpaired) electrons. The largest absolute Gasteiger partial charge is 0.478 e. The Bertz CT molecular complexity index is 1030. The van der Waals surface area contributed by atoms with Crippen molar-refractivity contribution in [3.05, 3.63) is 94.1 Å². The zero-order valence-corrected chi connectivity index (χ0v) is 16.9. The first kappa shape index (κ1) is 20.6. The van der Waals surface area contributed by atoms with E-state index in [1.165, 1.54) is 6.07 Å². The highest BCUT2D eigenvalue weighted by Gasteiger charge is 2.12. The van der Waals surface area contributed by atoms with Gasteiger partial charge in [-0.1, -0.05) is 60.2 Å². The van der Waals surface area contributed by atoms with Crippen molar-refractivity contribution in [2.75, 3.05) is 5.32 Å². The van der Waals surface area contributed by atoms with Crippen LogP contribution in [0.25, 0.3) is 5.57 Å². The fourth-order valence-corrected chi connectivity index (χ4v) is 3.52. The monoisotopic (exact) mass is 407 g/mol. The van der Waals surface area contributed by atoms with Crippen molar-refractivity contribution in [3.63, 3.8) is 0 Å². The highest BCUT2D eigenvalue weighted by Crippen LogP contribution is 2.29. The molecular weight excluding hydrogens is 386 g/mol. The van der Waals surface area contributed by atoms with Crippen LogP contribution in [-0.2, 0) is 4.79 Å². The molecule has 0 aliphatic heterocycles. The van der Waals surface area contributed by atoms with E-state index >= 15 is 0 Å². The minimum Gasteiger partial charge on any atom is -0.478 e. The van der Waals surface area contributed by atoms with Gasteiger partial charge in [-0.3, -0.25) is 4.79 Å². The van der Waals surface area contributed by atoms with Crippen LogP contribution in [0.4, 0.5) is 5.69 Å². The van der Waals surface area contributed by atoms with Crippen molar-refractivity contribution in [2.24, 2.45) is 0 Å². The van der Waals surface area contributed by atoms with Gasteiger partial charge in [0.1, 0.15) is 0 Å². The quantitative estimate of drug-likeness (QED) is 0.613. The summed E-state index contributed by atoms with van der Waals surface area (Å²) in [6.07, 6.45) is 9.72. The number of aryl methyl sites for hydroxylation is 1. The number of halogens is 1. The predicted octanol–water partition coefficient (Wildman–Crippen LogP) is 6.04. The molecule has 0 saturated carbocycles. The molecule has 0 fully saturated rings. The number of carbonyl (C=O) groups excluding carboxylic acids is 1. The van der Waals surface area contributed by atoms with Crippen LogP contribution in [0.5, 0.6) is 0 Å². The maximum Gasteiger partial charge on any atom is 0.337 e. The molecule has 1 aliphatic rings. The fraction of sp³-hybridized carbons (Fsp3) is 0.167. The third-order valence-corrected chi connectivity index (χ3v) is 5.02. The minimum absolute atomic E-state index is 0.0805. The molecule has 2 aromatic carbocycles. The summed E-state index contributed by atoms with van der Waals surface area (Å²) in [5, 5.41) is 12.6. The van der Waals surface area contributed by atoms with Crippen molar-refractivity contribution < 1.29 is 14.7 Å². The normalized spacial score (nSPS) is 13.3. The highest BCUT2D eigenvalue weighted by molar-refractivity contribution is 6.32. The van der Waals surface area contributed by atoms with Gasteiger partial charge in [-0.25, -0.2) is 4.79 Å². The molecule has 0 saturated heterocycles. The van der Waals surface area contributed by atoms with Crippen LogP contribution in [0.15, 0.2) is 72.3 Å². The number of nitrogens with one attached hydrogen (secondary N) is 1. The summed E-state index contributed by atoms with van der Waals surface area (Å²) in [5.41, 5.74) is 4.69. The smallest absolute Gasteiger partial charge is 0.337 e. The van der Waals surface area contributed by atoms with Crippen LogP contribution in [-0.4, -0.2) is 17.0 Å². The standard InChI is InChI=1S/C24H22ClNO3/c1-16-9-13-19(21(25)15-16)18-6-4-5-17(10-12-18)11-14-23(27)26-22-8-3-2-7-20(22)24(28)29/h2-5,7-10,12-13,15H,6,11,14H2,1H3,(H,26,27)(H,28,29). The number of amides is 1. The lowest BCUT2D eigenvalue weighted by molar-refractivity contribution is -0.116. The number of aromatic carboxylic acids is 1. The third kappa shape index (κ3) is 5.46. The van der Waals surface area contributed by atoms with Crippen molar-refractivity contribution >= 4 is 34.7 Å². The summed E-state index contributed by atoms with van der Waals surface area (Å²) in [4.78, 5) is 23.5. The topological polar surface area (TPSA) is 66.4 Å². The van der Waals surface area contributed by atoms with E-state index < -0.39 is 5.97 Å². The van der Waals surface area contributed by atoms with Gasteiger partial charge >= 0.3 is 5.97 Å². The molecule has 1 aliphatic carbocycles. The van der Waals surface area contributed by atoms with Crippen molar-refractivity contribution in [1.29, 1.82) is 0 Å². The van der Waals surface area contributed by atoms with Gasteiger partial charge in [0, 0.05) is 11.4 Å². The minimum atomic E-state index is -1.07. The average Bonchev–Trinajstić information content (AvgIpc) is 2.92. The second-order valence-corrected chi connectivity index (χ2v) is 7.33.